The van der Waals surface area contributed by atoms with Crippen LogP contribution in [-0.4, -0.2) is 32.6 Å². The number of carboxylic acids is 1. The fourth-order valence-electron chi connectivity index (χ4n) is 2.90. The smallest absolute Gasteiger partial charge is 0.329 e. The van der Waals surface area contributed by atoms with Gasteiger partial charge >= 0.3 is 11.7 Å². The number of fused-ring (bicyclic) bond motifs is 1. The van der Waals surface area contributed by atoms with Crippen molar-refractivity contribution in [2.75, 3.05) is 0 Å². The summed E-state index contributed by atoms with van der Waals surface area (Å²) in [5, 5.41) is 12.0. The molecule has 1 aromatic heterocycles. The number of aliphatic carboxylic acids is 1. The van der Waals surface area contributed by atoms with Gasteiger partial charge in [-0.1, -0.05) is 39.8 Å². The van der Waals surface area contributed by atoms with Gasteiger partial charge < -0.3 is 15.4 Å². The van der Waals surface area contributed by atoms with Crippen LogP contribution in [0.15, 0.2) is 33.9 Å². The molecule has 1 aromatic carbocycles. The van der Waals surface area contributed by atoms with E-state index in [0.717, 1.165) is 4.57 Å². The first kappa shape index (κ1) is 19.4. The van der Waals surface area contributed by atoms with Crippen LogP contribution in [0.4, 0.5) is 0 Å². The number of H-pyrrole nitrogens is 1. The number of rotatable bonds is 6. The fraction of sp³-hybridized carbons (Fsp3) is 0.444. The summed E-state index contributed by atoms with van der Waals surface area (Å²) in [6.45, 7) is 6.71. The van der Waals surface area contributed by atoms with Gasteiger partial charge in [0.15, 0.2) is 0 Å². The van der Waals surface area contributed by atoms with Gasteiger partial charge in [-0.05, 0) is 24.0 Å². The maximum atomic E-state index is 12.8. The molecule has 1 heterocycles. The highest BCUT2D eigenvalue weighted by Gasteiger charge is 2.32. The molecule has 0 aliphatic rings. The first-order valence-corrected chi connectivity index (χ1v) is 8.41. The van der Waals surface area contributed by atoms with E-state index < -0.39 is 41.1 Å². The van der Waals surface area contributed by atoms with E-state index in [1.165, 1.54) is 0 Å². The number of amides is 1. The van der Waals surface area contributed by atoms with E-state index in [4.69, 9.17) is 0 Å². The molecule has 0 saturated heterocycles. The van der Waals surface area contributed by atoms with Gasteiger partial charge in [0.05, 0.1) is 10.9 Å². The fourth-order valence-corrected chi connectivity index (χ4v) is 2.90. The third-order valence-corrected chi connectivity index (χ3v) is 4.25. The molecule has 8 nitrogen and oxygen atoms in total. The lowest BCUT2D eigenvalue weighted by atomic mass is 10.00. The Morgan fingerprint density at radius 3 is 2.23 bits per heavy atom. The Morgan fingerprint density at radius 2 is 1.69 bits per heavy atom. The summed E-state index contributed by atoms with van der Waals surface area (Å²) >= 11 is 0. The van der Waals surface area contributed by atoms with Gasteiger partial charge in [0.2, 0.25) is 5.91 Å². The van der Waals surface area contributed by atoms with Gasteiger partial charge in [-0.25, -0.2) is 14.2 Å². The molecule has 2 atom stereocenters. The van der Waals surface area contributed by atoms with Crippen LogP contribution in [0.5, 0.6) is 0 Å². The Bertz CT molecular complexity index is 942. The van der Waals surface area contributed by atoms with Crippen LogP contribution in [0.1, 0.15) is 33.7 Å². The van der Waals surface area contributed by atoms with Crippen molar-refractivity contribution in [3.8, 4) is 0 Å². The molecular formula is C18H23N3O5. The van der Waals surface area contributed by atoms with E-state index >= 15 is 0 Å². The number of carbonyl (C=O) groups is 2. The number of aromatic amines is 1. The van der Waals surface area contributed by atoms with Gasteiger partial charge in [0, 0.05) is 0 Å². The lowest BCUT2D eigenvalue weighted by Gasteiger charge is -2.25. The van der Waals surface area contributed by atoms with Crippen molar-refractivity contribution in [1.82, 2.24) is 14.9 Å². The third kappa shape index (κ3) is 3.68. The number of hydrogen-bond acceptors (Lipinski definition) is 4. The molecule has 0 radical (unpaired) electrons. The molecule has 1 amide bonds. The number of benzene rings is 1. The number of nitrogens with zero attached hydrogens (tertiary/aromatic N) is 1. The molecule has 0 aliphatic carbocycles. The van der Waals surface area contributed by atoms with Crippen LogP contribution in [0, 0.1) is 11.8 Å². The van der Waals surface area contributed by atoms with Crippen LogP contribution in [0.3, 0.4) is 0 Å². The van der Waals surface area contributed by atoms with Crippen LogP contribution in [0.25, 0.3) is 10.9 Å². The Labute approximate surface area is 149 Å². The average molecular weight is 361 g/mol. The van der Waals surface area contributed by atoms with Crippen LogP contribution >= 0.6 is 0 Å². The summed E-state index contributed by atoms with van der Waals surface area (Å²) in [4.78, 5) is 52.0. The van der Waals surface area contributed by atoms with Crippen molar-refractivity contribution in [3.05, 3.63) is 45.1 Å². The molecule has 0 aliphatic heterocycles. The maximum absolute atomic E-state index is 12.8. The molecule has 8 heteroatoms. The number of carboxylic acid groups (broad SMARTS) is 1. The van der Waals surface area contributed by atoms with Crippen molar-refractivity contribution in [1.29, 1.82) is 0 Å². The van der Waals surface area contributed by atoms with E-state index in [2.05, 4.69) is 10.3 Å². The van der Waals surface area contributed by atoms with Crippen molar-refractivity contribution >= 4 is 22.8 Å². The summed E-state index contributed by atoms with van der Waals surface area (Å²) in [5.41, 5.74) is -0.916. The Hall–Kier alpha value is -2.90. The first-order valence-electron chi connectivity index (χ1n) is 8.41. The van der Waals surface area contributed by atoms with E-state index in [9.17, 15) is 24.3 Å². The van der Waals surface area contributed by atoms with Gasteiger partial charge in [-0.15, -0.1) is 0 Å². The number of carbonyl (C=O) groups excluding carboxylic acids is 1. The number of nitrogens with one attached hydrogen (secondary N) is 2. The summed E-state index contributed by atoms with van der Waals surface area (Å²) < 4.78 is 0.863. The summed E-state index contributed by atoms with van der Waals surface area (Å²) in [6.07, 6.45) is 0. The number of para-hydroxylation sites is 1. The second kappa shape index (κ2) is 7.55. The Kier molecular flexibility index (Phi) is 5.64. The van der Waals surface area contributed by atoms with Gasteiger partial charge in [0.25, 0.3) is 5.56 Å². The molecule has 2 rings (SSSR count). The van der Waals surface area contributed by atoms with Crippen molar-refractivity contribution in [3.63, 3.8) is 0 Å². The maximum Gasteiger partial charge on any atom is 0.329 e. The summed E-state index contributed by atoms with van der Waals surface area (Å²) in [6, 6.07) is 4.28. The van der Waals surface area contributed by atoms with Gasteiger partial charge in [0.1, 0.15) is 12.1 Å². The predicted molar refractivity (Wildman–Crippen MR) is 97.1 cm³/mol. The number of aromatic nitrogens is 2. The minimum atomic E-state index is -1.17. The molecule has 0 spiro atoms. The first-order chi connectivity index (χ1) is 12.1. The van der Waals surface area contributed by atoms with Crippen molar-refractivity contribution in [2.45, 2.75) is 39.8 Å². The lowest BCUT2D eigenvalue weighted by molar-refractivity contribution is -0.143. The molecule has 0 bridgehead atoms. The highest BCUT2D eigenvalue weighted by atomic mass is 16.4. The lowest BCUT2D eigenvalue weighted by Crippen LogP contribution is -2.51. The molecular weight excluding hydrogens is 338 g/mol. The molecule has 0 saturated carbocycles. The average Bonchev–Trinajstić information content (AvgIpc) is 2.55. The molecule has 0 unspecified atom stereocenters. The van der Waals surface area contributed by atoms with Gasteiger partial charge in [-0.2, -0.15) is 0 Å². The van der Waals surface area contributed by atoms with Crippen molar-refractivity contribution < 1.29 is 14.7 Å². The zero-order valence-electron chi connectivity index (χ0n) is 15.1. The zero-order valence-corrected chi connectivity index (χ0v) is 15.1. The largest absolute Gasteiger partial charge is 0.480 e. The molecule has 26 heavy (non-hydrogen) atoms. The van der Waals surface area contributed by atoms with Crippen LogP contribution in [-0.2, 0) is 9.59 Å². The van der Waals surface area contributed by atoms with E-state index in [-0.39, 0.29) is 11.3 Å². The van der Waals surface area contributed by atoms with Gasteiger partial charge in [-0.3, -0.25) is 9.59 Å². The van der Waals surface area contributed by atoms with E-state index in [1.807, 2.05) is 0 Å². The minimum Gasteiger partial charge on any atom is -0.480 e. The number of hydrogen-bond donors (Lipinski definition) is 3. The SMILES string of the molecule is CC(C)[C@H](NC(=O)[C@H](C(C)C)n1c(=O)[nH]c2ccccc2c1=O)C(=O)O. The standard InChI is InChI=1S/C18H23N3O5/c1-9(2)13(17(24)25)20-15(22)14(10(3)4)21-16(23)11-7-5-6-8-12(11)19-18(21)26/h5-10,13-14H,1-4H3,(H,19,26)(H,20,22)(H,24,25)/t13-,14-/m0/s1. The van der Waals surface area contributed by atoms with Crippen molar-refractivity contribution in [2.24, 2.45) is 11.8 Å². The second-order valence-corrected chi connectivity index (χ2v) is 6.91. The third-order valence-electron chi connectivity index (χ3n) is 4.25. The molecule has 140 valence electrons. The van der Waals surface area contributed by atoms with E-state index in [1.54, 1.807) is 52.0 Å². The molecule has 2 aromatic rings. The topological polar surface area (TPSA) is 121 Å². The Balaban J connectivity index is 2.56. The Morgan fingerprint density at radius 1 is 1.08 bits per heavy atom. The summed E-state index contributed by atoms with van der Waals surface area (Å²) in [5.74, 6) is -2.60. The second-order valence-electron chi connectivity index (χ2n) is 6.91. The van der Waals surface area contributed by atoms with Crippen LogP contribution in [0.2, 0.25) is 0 Å². The highest BCUT2D eigenvalue weighted by molar-refractivity contribution is 5.86. The normalized spacial score (nSPS) is 13.8. The monoisotopic (exact) mass is 361 g/mol. The minimum absolute atomic E-state index is 0.282. The highest BCUT2D eigenvalue weighted by Crippen LogP contribution is 2.17. The molecule has 3 N–H and O–H groups in total. The van der Waals surface area contributed by atoms with Crippen LogP contribution < -0.4 is 16.6 Å². The summed E-state index contributed by atoms with van der Waals surface area (Å²) in [7, 11) is 0. The predicted octanol–water partition coefficient (Wildman–Crippen LogP) is 1.11. The zero-order chi connectivity index (χ0) is 19.6. The quantitative estimate of drug-likeness (QED) is 0.712. The molecule has 0 fully saturated rings. The van der Waals surface area contributed by atoms with E-state index in [0.29, 0.717) is 5.52 Å².